The van der Waals surface area contributed by atoms with Crippen LogP contribution in [0.3, 0.4) is 0 Å². The molecule has 7 heteroatoms. The monoisotopic (exact) mass is 388 g/mol. The summed E-state index contributed by atoms with van der Waals surface area (Å²) in [6.45, 7) is 1.94. The van der Waals surface area contributed by atoms with Gasteiger partial charge in [-0.1, -0.05) is 29.8 Å². The molecule has 0 atom stereocenters. The number of aryl methyl sites for hydroxylation is 1. The zero-order valence-corrected chi connectivity index (χ0v) is 15.8. The van der Waals surface area contributed by atoms with E-state index < -0.39 is 11.8 Å². The molecule has 0 aliphatic carbocycles. The Morgan fingerprint density at radius 3 is 2.43 bits per heavy atom. The van der Waals surface area contributed by atoms with E-state index in [1.54, 1.807) is 30.5 Å². The molecule has 0 radical (unpaired) electrons. The Kier molecular flexibility index (Phi) is 4.82. The van der Waals surface area contributed by atoms with Crippen molar-refractivity contribution in [1.29, 1.82) is 0 Å². The number of para-hydroxylation sites is 1. The third-order valence-corrected chi connectivity index (χ3v) is 5.20. The van der Waals surface area contributed by atoms with Crippen LogP contribution in [-0.2, 0) is 0 Å². The van der Waals surface area contributed by atoms with Crippen molar-refractivity contribution in [2.24, 2.45) is 0 Å². The van der Waals surface area contributed by atoms with Crippen LogP contribution >= 0.6 is 11.3 Å². The van der Waals surface area contributed by atoms with E-state index in [2.05, 4.69) is 20.8 Å². The standard InChI is InChI=1S/C21H16N4O2S/c1-13-8-10-14(11-9-13)19(26)24-25-20(27)15-5-4-12-22-18(15)21-23-16-6-2-3-7-17(16)28-21/h2-12H,1H3,(H,24,26)(H,25,27). The van der Waals surface area contributed by atoms with Gasteiger partial charge < -0.3 is 0 Å². The van der Waals surface area contributed by atoms with Gasteiger partial charge in [0.15, 0.2) is 0 Å². The van der Waals surface area contributed by atoms with Crippen LogP contribution in [0.5, 0.6) is 0 Å². The smallest absolute Gasteiger partial charge is 0.267 e. The van der Waals surface area contributed by atoms with Crippen molar-refractivity contribution in [3.63, 3.8) is 0 Å². The lowest BCUT2D eigenvalue weighted by molar-refractivity contribution is 0.0847. The second kappa shape index (κ2) is 7.58. The van der Waals surface area contributed by atoms with Crippen molar-refractivity contribution in [2.75, 3.05) is 0 Å². The number of thiazole rings is 1. The first kappa shape index (κ1) is 17.8. The van der Waals surface area contributed by atoms with Gasteiger partial charge in [0, 0.05) is 11.8 Å². The first-order valence-electron chi connectivity index (χ1n) is 8.60. The van der Waals surface area contributed by atoms with Crippen LogP contribution in [0.25, 0.3) is 20.9 Å². The summed E-state index contributed by atoms with van der Waals surface area (Å²) in [7, 11) is 0. The maximum Gasteiger partial charge on any atom is 0.272 e. The molecule has 4 aromatic rings. The van der Waals surface area contributed by atoms with Gasteiger partial charge in [0.05, 0.1) is 15.8 Å². The molecule has 0 fully saturated rings. The number of amides is 2. The molecule has 138 valence electrons. The number of nitrogens with zero attached hydrogens (tertiary/aromatic N) is 2. The average Bonchev–Trinajstić information content (AvgIpc) is 3.16. The average molecular weight is 388 g/mol. The summed E-state index contributed by atoms with van der Waals surface area (Å²) in [6, 6.07) is 18.2. The summed E-state index contributed by atoms with van der Waals surface area (Å²) in [5, 5.41) is 0.650. The minimum absolute atomic E-state index is 0.339. The Bertz CT molecular complexity index is 1140. The molecule has 0 saturated heterocycles. The first-order valence-corrected chi connectivity index (χ1v) is 9.42. The van der Waals surface area contributed by atoms with Crippen LogP contribution in [0, 0.1) is 6.92 Å². The summed E-state index contributed by atoms with van der Waals surface area (Å²) < 4.78 is 1.02. The van der Waals surface area contributed by atoms with Crippen LogP contribution in [0.15, 0.2) is 66.9 Å². The summed E-state index contributed by atoms with van der Waals surface area (Å²) in [5.74, 6) is -0.846. The molecule has 0 aliphatic rings. The Balaban J connectivity index is 1.55. The molecule has 2 N–H and O–H groups in total. The van der Waals surface area contributed by atoms with Crippen molar-refractivity contribution in [3.8, 4) is 10.7 Å². The molecule has 0 aliphatic heterocycles. The van der Waals surface area contributed by atoms with E-state index in [9.17, 15) is 9.59 Å². The second-order valence-electron chi connectivity index (χ2n) is 6.16. The number of benzene rings is 2. The van der Waals surface area contributed by atoms with Gasteiger partial charge in [0.25, 0.3) is 11.8 Å². The van der Waals surface area contributed by atoms with Crippen LogP contribution in [-0.4, -0.2) is 21.8 Å². The Hall–Kier alpha value is -3.58. The Morgan fingerprint density at radius 2 is 1.64 bits per heavy atom. The lowest BCUT2D eigenvalue weighted by atomic mass is 10.1. The van der Waals surface area contributed by atoms with Crippen molar-refractivity contribution < 1.29 is 9.59 Å². The second-order valence-corrected chi connectivity index (χ2v) is 7.19. The predicted molar refractivity (Wildman–Crippen MR) is 109 cm³/mol. The molecule has 2 amide bonds. The summed E-state index contributed by atoms with van der Waals surface area (Å²) >= 11 is 1.46. The van der Waals surface area contributed by atoms with E-state index in [0.717, 1.165) is 15.8 Å². The zero-order chi connectivity index (χ0) is 19.5. The van der Waals surface area contributed by atoms with E-state index in [0.29, 0.717) is 21.8 Å². The molecule has 0 saturated carbocycles. The highest BCUT2D eigenvalue weighted by Gasteiger charge is 2.17. The highest BCUT2D eigenvalue weighted by molar-refractivity contribution is 7.21. The van der Waals surface area contributed by atoms with E-state index in [4.69, 9.17) is 0 Å². The number of rotatable bonds is 3. The highest BCUT2D eigenvalue weighted by Crippen LogP contribution is 2.30. The largest absolute Gasteiger partial charge is 0.272 e. The Labute approximate surface area is 165 Å². The summed E-state index contributed by atoms with van der Waals surface area (Å²) in [4.78, 5) is 33.8. The summed E-state index contributed by atoms with van der Waals surface area (Å²) in [5.41, 5.74) is 8.08. The van der Waals surface area contributed by atoms with E-state index in [1.165, 1.54) is 11.3 Å². The first-order chi connectivity index (χ1) is 13.6. The molecule has 0 unspecified atom stereocenters. The van der Waals surface area contributed by atoms with Crippen molar-refractivity contribution in [2.45, 2.75) is 6.92 Å². The minimum Gasteiger partial charge on any atom is -0.267 e. The fourth-order valence-corrected chi connectivity index (χ4v) is 3.67. The molecular weight excluding hydrogens is 372 g/mol. The molecule has 28 heavy (non-hydrogen) atoms. The minimum atomic E-state index is -0.456. The highest BCUT2D eigenvalue weighted by atomic mass is 32.1. The summed E-state index contributed by atoms with van der Waals surface area (Å²) in [6.07, 6.45) is 1.61. The van der Waals surface area contributed by atoms with Gasteiger partial charge in [-0.15, -0.1) is 11.3 Å². The zero-order valence-electron chi connectivity index (χ0n) is 15.0. The van der Waals surface area contributed by atoms with E-state index in [1.807, 2.05) is 43.3 Å². The number of hydrazine groups is 1. The lowest BCUT2D eigenvalue weighted by Gasteiger charge is -2.09. The molecule has 2 aromatic heterocycles. The van der Waals surface area contributed by atoms with Crippen molar-refractivity contribution in [1.82, 2.24) is 20.8 Å². The van der Waals surface area contributed by atoms with Gasteiger partial charge in [-0.05, 0) is 43.3 Å². The van der Waals surface area contributed by atoms with Gasteiger partial charge in [-0.2, -0.15) is 0 Å². The van der Waals surface area contributed by atoms with Gasteiger partial charge >= 0.3 is 0 Å². The number of aromatic nitrogens is 2. The quantitative estimate of drug-likeness (QED) is 0.524. The van der Waals surface area contributed by atoms with Crippen LogP contribution in [0.4, 0.5) is 0 Å². The van der Waals surface area contributed by atoms with Gasteiger partial charge in [-0.3, -0.25) is 25.4 Å². The molecular formula is C21H16N4O2S. The normalized spacial score (nSPS) is 10.6. The van der Waals surface area contributed by atoms with Crippen LogP contribution < -0.4 is 10.9 Å². The predicted octanol–water partition coefficient (Wildman–Crippen LogP) is 3.74. The van der Waals surface area contributed by atoms with Crippen LogP contribution in [0.1, 0.15) is 26.3 Å². The number of pyridine rings is 1. The number of hydrogen-bond donors (Lipinski definition) is 2. The maximum atomic E-state index is 12.7. The van der Waals surface area contributed by atoms with Crippen LogP contribution in [0.2, 0.25) is 0 Å². The molecule has 4 rings (SSSR count). The molecule has 2 aromatic carbocycles. The number of hydrogen-bond acceptors (Lipinski definition) is 5. The lowest BCUT2D eigenvalue weighted by Crippen LogP contribution is -2.41. The van der Waals surface area contributed by atoms with E-state index in [-0.39, 0.29) is 0 Å². The van der Waals surface area contributed by atoms with Gasteiger partial charge in [0.2, 0.25) is 0 Å². The fraction of sp³-hybridized carbons (Fsp3) is 0.0476. The SMILES string of the molecule is Cc1ccc(C(=O)NNC(=O)c2cccnc2-c2nc3ccccc3s2)cc1. The van der Waals surface area contributed by atoms with Crippen molar-refractivity contribution in [3.05, 3.63) is 83.6 Å². The molecule has 0 spiro atoms. The topological polar surface area (TPSA) is 84.0 Å². The van der Waals surface area contributed by atoms with Gasteiger partial charge in [0.1, 0.15) is 10.7 Å². The molecule has 2 heterocycles. The van der Waals surface area contributed by atoms with Gasteiger partial charge in [-0.25, -0.2) is 4.98 Å². The number of fused-ring (bicyclic) bond motifs is 1. The van der Waals surface area contributed by atoms with Crippen molar-refractivity contribution >= 4 is 33.4 Å². The number of carbonyl (C=O) groups excluding carboxylic acids is 2. The number of nitrogens with one attached hydrogen (secondary N) is 2. The molecule has 6 nitrogen and oxygen atoms in total. The Morgan fingerprint density at radius 1 is 0.893 bits per heavy atom. The van der Waals surface area contributed by atoms with E-state index >= 15 is 0 Å². The fourth-order valence-electron chi connectivity index (χ4n) is 2.69. The third-order valence-electron chi connectivity index (χ3n) is 4.15. The molecule has 0 bridgehead atoms. The number of carbonyl (C=O) groups is 2. The maximum absolute atomic E-state index is 12.7. The third kappa shape index (κ3) is 3.60.